The van der Waals surface area contributed by atoms with Crippen LogP contribution in [0.4, 0.5) is 0 Å². The Kier molecular flexibility index (Phi) is 8.58. The van der Waals surface area contributed by atoms with Gasteiger partial charge >= 0.3 is 0 Å². The van der Waals surface area contributed by atoms with Gasteiger partial charge in [-0.05, 0) is 98.0 Å². The fourth-order valence-corrected chi connectivity index (χ4v) is 10.7. The Bertz CT molecular complexity index is 4190. The molecule has 0 radical (unpaired) electrons. The second-order valence-electron chi connectivity index (χ2n) is 17.8. The minimum absolute atomic E-state index is 0.434. The molecule has 11 aromatic carbocycles. The normalized spacial score (nSPS) is 14.0. The van der Waals surface area contributed by atoms with E-state index in [1.54, 1.807) is 0 Å². The number of aliphatic imine (C=N–C) groups is 2. The van der Waals surface area contributed by atoms with E-state index in [1.807, 2.05) is 0 Å². The number of hydrogen-bond donors (Lipinski definition) is 1. The van der Waals surface area contributed by atoms with Crippen LogP contribution in [0.5, 0.6) is 0 Å². The zero-order valence-electron chi connectivity index (χ0n) is 36.9. The van der Waals surface area contributed by atoms with Crippen molar-refractivity contribution in [3.05, 3.63) is 253 Å². The maximum Gasteiger partial charge on any atom is 0.160 e. The molecule has 0 amide bonds. The third-order valence-electron chi connectivity index (χ3n) is 13.9. The van der Waals surface area contributed by atoms with Crippen LogP contribution >= 0.6 is 0 Å². The van der Waals surface area contributed by atoms with Gasteiger partial charge in [-0.3, -0.25) is 0 Å². The molecule has 1 N–H and O–H groups in total. The van der Waals surface area contributed by atoms with Crippen LogP contribution in [0.1, 0.15) is 22.9 Å². The van der Waals surface area contributed by atoms with Crippen molar-refractivity contribution in [1.82, 2.24) is 14.5 Å². The first kappa shape index (κ1) is 38.2. The van der Waals surface area contributed by atoms with Gasteiger partial charge in [-0.25, -0.2) is 9.98 Å². The molecule has 0 bridgehead atoms. The van der Waals surface area contributed by atoms with Crippen LogP contribution in [-0.2, 0) is 0 Å². The highest BCUT2D eigenvalue weighted by atomic mass is 15.2. The van der Waals surface area contributed by atoms with E-state index < -0.39 is 6.17 Å². The standard InChI is InChI=1S/C63H41N5/c1-2-16-41(17-3-1)49-22-8-9-25-53(49)62-64-61(46-30-29-40-15-4-5-18-43(40)35-46)65-63(66-62)54-26-14-21-42-31-32-47(38-55(42)54)68-59-37-45-20-7-6-19-44(45)36-56(59)52-34-33-48(39-60(52)68)67-57-27-12-10-23-50(57)51-24-11-13-28-58(51)67/h1-39,63H,(H,64,65,66). The van der Waals surface area contributed by atoms with Gasteiger partial charge in [-0.1, -0.05) is 182 Å². The van der Waals surface area contributed by atoms with Crippen molar-refractivity contribution in [3.8, 4) is 22.5 Å². The highest BCUT2D eigenvalue weighted by Crippen LogP contribution is 2.40. The van der Waals surface area contributed by atoms with E-state index in [0.29, 0.717) is 5.84 Å². The molecule has 2 aromatic heterocycles. The summed E-state index contributed by atoms with van der Waals surface area (Å²) in [5.41, 5.74) is 12.2. The maximum absolute atomic E-state index is 5.52. The van der Waals surface area contributed by atoms with E-state index in [4.69, 9.17) is 9.98 Å². The Morgan fingerprint density at radius 3 is 1.71 bits per heavy atom. The molecule has 0 spiro atoms. The zero-order valence-corrected chi connectivity index (χ0v) is 36.9. The van der Waals surface area contributed by atoms with Crippen LogP contribution in [0.25, 0.3) is 98.4 Å². The molecule has 1 atom stereocenters. The second kappa shape index (κ2) is 15.3. The fraction of sp³-hybridized carbons (Fsp3) is 0.0159. The molecule has 0 fully saturated rings. The van der Waals surface area contributed by atoms with Crippen LogP contribution < -0.4 is 5.32 Å². The first-order valence-electron chi connectivity index (χ1n) is 23.3. The lowest BCUT2D eigenvalue weighted by molar-refractivity contribution is 0.680. The van der Waals surface area contributed by atoms with E-state index in [0.717, 1.165) is 72.2 Å². The summed E-state index contributed by atoms with van der Waals surface area (Å²) < 4.78 is 4.88. The first-order valence-corrected chi connectivity index (χ1v) is 23.3. The molecule has 1 aliphatic rings. The Labute approximate surface area is 392 Å². The Balaban J connectivity index is 0.982. The number of para-hydroxylation sites is 2. The number of aromatic nitrogens is 2. The minimum atomic E-state index is -0.434. The summed E-state index contributed by atoms with van der Waals surface area (Å²) in [4.78, 5) is 10.9. The van der Waals surface area contributed by atoms with Crippen molar-refractivity contribution >= 4 is 87.6 Å². The topological polar surface area (TPSA) is 46.6 Å². The predicted molar refractivity (Wildman–Crippen MR) is 285 cm³/mol. The van der Waals surface area contributed by atoms with Gasteiger partial charge in [0.15, 0.2) is 5.84 Å². The van der Waals surface area contributed by atoms with E-state index in [9.17, 15) is 0 Å². The maximum atomic E-state index is 5.52. The zero-order chi connectivity index (χ0) is 44.7. The minimum Gasteiger partial charge on any atom is -0.344 e. The van der Waals surface area contributed by atoms with E-state index >= 15 is 0 Å². The molecule has 5 nitrogen and oxygen atoms in total. The lowest BCUT2D eigenvalue weighted by Crippen LogP contribution is -2.33. The summed E-state index contributed by atoms with van der Waals surface area (Å²) in [6.45, 7) is 0. The van der Waals surface area contributed by atoms with Crippen molar-refractivity contribution in [2.24, 2.45) is 9.98 Å². The molecule has 0 saturated heterocycles. The van der Waals surface area contributed by atoms with Gasteiger partial charge in [0.2, 0.25) is 0 Å². The molecular formula is C63H41N5. The summed E-state index contributed by atoms with van der Waals surface area (Å²) in [7, 11) is 0. The van der Waals surface area contributed by atoms with Gasteiger partial charge < -0.3 is 14.5 Å². The number of nitrogens with zero attached hydrogens (tertiary/aromatic N) is 4. The van der Waals surface area contributed by atoms with Crippen LogP contribution in [0.3, 0.4) is 0 Å². The Morgan fingerprint density at radius 2 is 0.912 bits per heavy atom. The van der Waals surface area contributed by atoms with Crippen molar-refractivity contribution in [2.75, 3.05) is 0 Å². The summed E-state index contributed by atoms with van der Waals surface area (Å²) >= 11 is 0. The third kappa shape index (κ3) is 6.10. The predicted octanol–water partition coefficient (Wildman–Crippen LogP) is 15.5. The smallest absolute Gasteiger partial charge is 0.160 e. The Morgan fingerprint density at radius 1 is 0.338 bits per heavy atom. The number of rotatable bonds is 6. The second-order valence-corrected chi connectivity index (χ2v) is 17.8. The molecule has 0 aliphatic carbocycles. The molecule has 3 heterocycles. The van der Waals surface area contributed by atoms with Gasteiger partial charge in [-0.15, -0.1) is 0 Å². The molecule has 68 heavy (non-hydrogen) atoms. The molecule has 1 aliphatic heterocycles. The van der Waals surface area contributed by atoms with E-state index in [-0.39, 0.29) is 0 Å². The number of fused-ring (bicyclic) bond motifs is 9. The largest absolute Gasteiger partial charge is 0.344 e. The number of benzene rings is 11. The molecular weight excluding hydrogens is 827 g/mol. The van der Waals surface area contributed by atoms with Crippen LogP contribution in [-0.4, -0.2) is 20.8 Å². The van der Waals surface area contributed by atoms with Crippen molar-refractivity contribution in [3.63, 3.8) is 0 Å². The fourth-order valence-electron chi connectivity index (χ4n) is 10.7. The molecule has 1 unspecified atom stereocenters. The van der Waals surface area contributed by atoms with E-state index in [1.165, 1.54) is 48.7 Å². The van der Waals surface area contributed by atoms with Crippen LogP contribution in [0, 0.1) is 0 Å². The molecule has 5 heteroatoms. The molecule has 0 saturated carbocycles. The van der Waals surface area contributed by atoms with Gasteiger partial charge in [0, 0.05) is 49.6 Å². The van der Waals surface area contributed by atoms with Gasteiger partial charge in [0.1, 0.15) is 12.0 Å². The summed E-state index contributed by atoms with van der Waals surface area (Å²) in [5, 5.41) is 15.8. The summed E-state index contributed by atoms with van der Waals surface area (Å²) in [6, 6.07) is 85.4. The monoisotopic (exact) mass is 867 g/mol. The SMILES string of the molecule is c1ccc(-c2ccccc2C2=NC(c3cccc4ccc(-n5c6cc(-n7c8ccccc8c8ccccc87)ccc6c6cc7ccccc7cc65)cc34)NC(c3ccc4ccccc4c3)=N2)cc1. The lowest BCUT2D eigenvalue weighted by Gasteiger charge is -2.25. The number of nitrogens with one attached hydrogen (secondary N) is 1. The highest BCUT2D eigenvalue weighted by molar-refractivity contribution is 6.17. The van der Waals surface area contributed by atoms with Crippen molar-refractivity contribution in [2.45, 2.75) is 6.17 Å². The Hall–Kier alpha value is -9.06. The van der Waals surface area contributed by atoms with Crippen molar-refractivity contribution in [1.29, 1.82) is 0 Å². The van der Waals surface area contributed by atoms with Gasteiger partial charge in [0.05, 0.1) is 22.1 Å². The van der Waals surface area contributed by atoms with E-state index in [2.05, 4.69) is 251 Å². The average Bonchev–Trinajstić information content (AvgIpc) is 3.91. The summed E-state index contributed by atoms with van der Waals surface area (Å²) in [5.74, 6) is 1.48. The molecule has 13 aromatic rings. The van der Waals surface area contributed by atoms with Gasteiger partial charge in [0.25, 0.3) is 0 Å². The lowest BCUT2D eigenvalue weighted by atomic mass is 9.97. The highest BCUT2D eigenvalue weighted by Gasteiger charge is 2.25. The number of hydrogen-bond acceptors (Lipinski definition) is 3. The summed E-state index contributed by atoms with van der Waals surface area (Å²) in [6.07, 6.45) is -0.434. The third-order valence-corrected chi connectivity index (χ3v) is 13.9. The quantitative estimate of drug-likeness (QED) is 0.178. The van der Waals surface area contributed by atoms with Crippen LogP contribution in [0.15, 0.2) is 247 Å². The average molecular weight is 868 g/mol. The van der Waals surface area contributed by atoms with Crippen molar-refractivity contribution < 1.29 is 0 Å². The van der Waals surface area contributed by atoms with Crippen LogP contribution in [0.2, 0.25) is 0 Å². The number of amidine groups is 2. The molecule has 14 rings (SSSR count). The van der Waals surface area contributed by atoms with Gasteiger partial charge in [-0.2, -0.15) is 0 Å². The first-order chi connectivity index (χ1) is 33.7. The molecule has 318 valence electrons.